The van der Waals surface area contributed by atoms with Gasteiger partial charge >= 0.3 is 0 Å². The Balaban J connectivity index is 1.85. The first-order valence-electron chi connectivity index (χ1n) is 9.03. The van der Waals surface area contributed by atoms with Crippen LogP contribution >= 0.6 is 15.9 Å². The van der Waals surface area contributed by atoms with Crippen LogP contribution in [0.15, 0.2) is 33.8 Å². The minimum atomic E-state index is -0.558. The molecule has 0 fully saturated rings. The van der Waals surface area contributed by atoms with Gasteiger partial charge in [-0.05, 0) is 66.6 Å². The number of hydrogen-bond donors (Lipinski definition) is 0. The number of hydrogen-bond acceptors (Lipinski definition) is 4. The number of anilines is 1. The molecule has 136 valence electrons. The summed E-state index contributed by atoms with van der Waals surface area (Å²) in [5, 5.41) is 9.29. The average molecular weight is 417 g/mol. The van der Waals surface area contributed by atoms with Crippen molar-refractivity contribution in [1.82, 2.24) is 0 Å². The number of carbonyl (C=O) groups is 2. The van der Waals surface area contributed by atoms with E-state index in [1.54, 1.807) is 18.2 Å². The zero-order valence-electron chi connectivity index (χ0n) is 14.8. The molecule has 1 atom stereocenters. The molecule has 5 nitrogen and oxygen atoms in total. The summed E-state index contributed by atoms with van der Waals surface area (Å²) in [4.78, 5) is 26.7. The zero-order valence-corrected chi connectivity index (χ0v) is 16.3. The van der Waals surface area contributed by atoms with E-state index in [9.17, 15) is 14.9 Å². The van der Waals surface area contributed by atoms with Crippen molar-refractivity contribution in [2.24, 2.45) is 0 Å². The third kappa shape index (κ3) is 3.54. The summed E-state index contributed by atoms with van der Waals surface area (Å²) in [6, 6.07) is 7.29. The van der Waals surface area contributed by atoms with Gasteiger partial charge in [0.15, 0.2) is 6.10 Å². The summed E-state index contributed by atoms with van der Waals surface area (Å²) < 4.78 is 6.50. The molecule has 0 radical (unpaired) electrons. The Morgan fingerprint density at radius 2 is 1.88 bits per heavy atom. The van der Waals surface area contributed by atoms with Crippen LogP contribution in [0.25, 0.3) is 0 Å². The molecular weight excluding hydrogens is 396 g/mol. The lowest BCUT2D eigenvalue weighted by Crippen LogP contribution is -2.31. The van der Waals surface area contributed by atoms with Gasteiger partial charge in [-0.15, -0.1) is 0 Å². The molecule has 1 aliphatic carbocycles. The van der Waals surface area contributed by atoms with Gasteiger partial charge in [0.1, 0.15) is 11.8 Å². The molecule has 1 unspecified atom stereocenters. The number of nitrogens with zero attached hydrogens (tertiary/aromatic N) is 2. The van der Waals surface area contributed by atoms with Crippen molar-refractivity contribution in [2.75, 3.05) is 4.90 Å². The van der Waals surface area contributed by atoms with Gasteiger partial charge in [-0.3, -0.25) is 9.59 Å². The first kappa shape index (κ1) is 18.7. The summed E-state index contributed by atoms with van der Waals surface area (Å²) in [5.74, 6) is 0.0252. The number of ether oxygens (including phenoxy) is 1. The predicted octanol–water partition coefficient (Wildman–Crippen LogP) is 4.65. The number of halogens is 1. The van der Waals surface area contributed by atoms with Gasteiger partial charge in [0.05, 0.1) is 10.2 Å². The topological polar surface area (TPSA) is 70.4 Å². The monoisotopic (exact) mass is 416 g/mol. The van der Waals surface area contributed by atoms with Crippen molar-refractivity contribution in [1.29, 1.82) is 5.26 Å². The summed E-state index contributed by atoms with van der Waals surface area (Å²) >= 11 is 3.42. The fourth-order valence-electron chi connectivity index (χ4n) is 3.39. The van der Waals surface area contributed by atoms with E-state index in [0.717, 1.165) is 25.7 Å². The fraction of sp³-hybridized carbons (Fsp3) is 0.450. The maximum Gasteiger partial charge on any atom is 0.261 e. The molecule has 1 aromatic carbocycles. The Hall–Kier alpha value is -2.13. The SMILES string of the molecule is CCCCC(C#N)Oc1cc(N2C(=O)C3=C(CCCC3)C2=O)ccc1Br. The number of unbranched alkanes of at least 4 members (excludes halogenated alkanes) is 1. The lowest BCUT2D eigenvalue weighted by atomic mass is 9.93. The first-order valence-corrected chi connectivity index (χ1v) is 9.82. The van der Waals surface area contributed by atoms with Crippen LogP contribution in [0.4, 0.5) is 5.69 Å². The van der Waals surface area contributed by atoms with E-state index in [1.165, 1.54) is 4.90 Å². The highest BCUT2D eigenvalue weighted by Gasteiger charge is 2.39. The molecule has 0 N–H and O–H groups in total. The summed E-state index contributed by atoms with van der Waals surface area (Å²) in [5.41, 5.74) is 1.80. The predicted molar refractivity (Wildman–Crippen MR) is 102 cm³/mol. The Morgan fingerprint density at radius 1 is 1.23 bits per heavy atom. The second-order valence-corrected chi connectivity index (χ2v) is 7.46. The maximum absolute atomic E-state index is 12.7. The minimum Gasteiger partial charge on any atom is -0.474 e. The molecule has 2 amide bonds. The molecule has 1 aliphatic heterocycles. The molecule has 2 aliphatic rings. The van der Waals surface area contributed by atoms with Crippen molar-refractivity contribution in [3.8, 4) is 11.8 Å². The molecule has 1 aromatic rings. The van der Waals surface area contributed by atoms with Crippen LogP contribution in [-0.4, -0.2) is 17.9 Å². The lowest BCUT2D eigenvalue weighted by molar-refractivity contribution is -0.120. The molecule has 0 saturated carbocycles. The second-order valence-electron chi connectivity index (χ2n) is 6.60. The third-order valence-electron chi connectivity index (χ3n) is 4.80. The molecule has 0 aromatic heterocycles. The van der Waals surface area contributed by atoms with Gasteiger partial charge < -0.3 is 4.74 Å². The largest absolute Gasteiger partial charge is 0.474 e. The smallest absolute Gasteiger partial charge is 0.261 e. The van der Waals surface area contributed by atoms with Crippen molar-refractivity contribution < 1.29 is 14.3 Å². The minimum absolute atomic E-state index is 0.221. The van der Waals surface area contributed by atoms with Gasteiger partial charge in [-0.1, -0.05) is 13.3 Å². The van der Waals surface area contributed by atoms with Crippen LogP contribution in [0.1, 0.15) is 51.9 Å². The van der Waals surface area contributed by atoms with Gasteiger partial charge in [0.2, 0.25) is 0 Å². The lowest BCUT2D eigenvalue weighted by Gasteiger charge is -2.18. The Labute approximate surface area is 161 Å². The number of nitriles is 1. The van der Waals surface area contributed by atoms with Gasteiger partial charge in [0.25, 0.3) is 11.8 Å². The van der Waals surface area contributed by atoms with E-state index in [1.807, 2.05) is 0 Å². The highest BCUT2D eigenvalue weighted by Crippen LogP contribution is 2.38. The van der Waals surface area contributed by atoms with Gasteiger partial charge in [-0.2, -0.15) is 5.26 Å². The molecule has 26 heavy (non-hydrogen) atoms. The molecule has 1 heterocycles. The van der Waals surface area contributed by atoms with Gasteiger partial charge in [0, 0.05) is 17.2 Å². The second kappa shape index (κ2) is 8.05. The number of amides is 2. The van der Waals surface area contributed by atoms with E-state index in [2.05, 4.69) is 28.9 Å². The Kier molecular flexibility index (Phi) is 5.77. The van der Waals surface area contributed by atoms with Crippen molar-refractivity contribution in [3.63, 3.8) is 0 Å². The summed E-state index contributed by atoms with van der Waals surface area (Å²) in [7, 11) is 0. The van der Waals surface area contributed by atoms with Crippen LogP contribution in [0.3, 0.4) is 0 Å². The van der Waals surface area contributed by atoms with E-state index < -0.39 is 6.10 Å². The number of benzene rings is 1. The normalized spacial score (nSPS) is 18.0. The molecule has 0 saturated heterocycles. The summed E-state index contributed by atoms with van der Waals surface area (Å²) in [6.45, 7) is 2.06. The number of imide groups is 1. The van der Waals surface area contributed by atoms with Crippen LogP contribution in [-0.2, 0) is 9.59 Å². The molecule has 0 bridgehead atoms. The Morgan fingerprint density at radius 3 is 2.46 bits per heavy atom. The highest BCUT2D eigenvalue weighted by molar-refractivity contribution is 9.10. The third-order valence-corrected chi connectivity index (χ3v) is 5.45. The maximum atomic E-state index is 12.7. The average Bonchev–Trinajstić information content (AvgIpc) is 2.91. The zero-order chi connectivity index (χ0) is 18.7. The van der Waals surface area contributed by atoms with Crippen LogP contribution in [0, 0.1) is 11.3 Å². The van der Waals surface area contributed by atoms with E-state index in [4.69, 9.17) is 4.74 Å². The quantitative estimate of drug-likeness (QED) is 0.632. The van der Waals surface area contributed by atoms with Crippen LogP contribution in [0.5, 0.6) is 5.75 Å². The van der Waals surface area contributed by atoms with Crippen molar-refractivity contribution >= 4 is 33.4 Å². The van der Waals surface area contributed by atoms with Crippen molar-refractivity contribution in [2.45, 2.75) is 58.0 Å². The molecule has 3 rings (SSSR count). The van der Waals surface area contributed by atoms with E-state index in [0.29, 0.717) is 46.3 Å². The van der Waals surface area contributed by atoms with Gasteiger partial charge in [-0.25, -0.2) is 4.90 Å². The Bertz CT molecular complexity index is 782. The molecule has 0 spiro atoms. The first-order chi connectivity index (χ1) is 12.6. The number of carbonyl (C=O) groups excluding carboxylic acids is 2. The van der Waals surface area contributed by atoms with Crippen LogP contribution in [0.2, 0.25) is 0 Å². The highest BCUT2D eigenvalue weighted by atomic mass is 79.9. The molecular formula is C20H21BrN2O3. The standard InChI is InChI=1S/C20H21BrN2O3/c1-2-3-6-14(12-22)26-18-11-13(9-10-17(18)21)23-19(24)15-7-4-5-8-16(15)20(23)25/h9-11,14H,2-8H2,1H3. The van der Waals surface area contributed by atoms with Crippen LogP contribution < -0.4 is 9.64 Å². The summed E-state index contributed by atoms with van der Waals surface area (Å²) in [6.07, 6.45) is 5.20. The number of rotatable bonds is 6. The van der Waals surface area contributed by atoms with Crippen molar-refractivity contribution in [3.05, 3.63) is 33.8 Å². The van der Waals surface area contributed by atoms with E-state index >= 15 is 0 Å². The van der Waals surface area contributed by atoms with E-state index in [-0.39, 0.29) is 11.8 Å². The molecule has 6 heteroatoms. The fourth-order valence-corrected chi connectivity index (χ4v) is 3.73.